The van der Waals surface area contributed by atoms with E-state index in [9.17, 15) is 0 Å². The van der Waals surface area contributed by atoms with Gasteiger partial charge in [-0.15, -0.1) is 0 Å². The molecule has 308 valence electrons. The fraction of sp³-hybridized carbons (Fsp3) is 0.0476. The average Bonchev–Trinajstić information content (AvgIpc) is 3.81. The predicted octanol–water partition coefficient (Wildman–Crippen LogP) is 13.8. The van der Waals surface area contributed by atoms with E-state index in [0.717, 1.165) is 17.1 Å². The van der Waals surface area contributed by atoms with Crippen molar-refractivity contribution in [1.29, 1.82) is 0 Å². The van der Waals surface area contributed by atoms with Crippen LogP contribution in [0.1, 0.15) is 25.0 Å². The first-order valence-corrected chi connectivity index (χ1v) is 24.8. The second-order valence-corrected chi connectivity index (χ2v) is 21.7. The van der Waals surface area contributed by atoms with Crippen LogP contribution in [0.15, 0.2) is 249 Å². The highest BCUT2D eigenvalue weighted by Gasteiger charge is 2.49. The van der Waals surface area contributed by atoms with Gasteiger partial charge in [-0.25, -0.2) is 0 Å². The Labute approximate surface area is 383 Å². The molecule has 0 amide bonds. The maximum Gasteiger partial charge on any atom is 0.180 e. The van der Waals surface area contributed by atoms with Crippen LogP contribution >= 0.6 is 0 Å². The number of benzene rings is 10. The Morgan fingerprint density at radius 3 is 1.52 bits per heavy atom. The Morgan fingerprint density at radius 1 is 0.323 bits per heavy atom. The second kappa shape index (κ2) is 15.5. The van der Waals surface area contributed by atoms with Crippen LogP contribution in [0.5, 0.6) is 0 Å². The summed E-state index contributed by atoms with van der Waals surface area (Å²) in [6.07, 6.45) is 0. The normalized spacial score (nSPS) is 13.6. The van der Waals surface area contributed by atoms with Crippen molar-refractivity contribution < 1.29 is 0 Å². The van der Waals surface area contributed by atoms with Crippen LogP contribution in [-0.2, 0) is 5.41 Å². The lowest BCUT2D eigenvalue weighted by molar-refractivity contribution is 0.660. The molecule has 2 aliphatic rings. The van der Waals surface area contributed by atoms with Crippen molar-refractivity contribution in [2.45, 2.75) is 19.3 Å². The van der Waals surface area contributed by atoms with Crippen LogP contribution in [0.25, 0.3) is 55.6 Å². The molecule has 0 saturated carbocycles. The van der Waals surface area contributed by atoms with E-state index >= 15 is 0 Å². The number of nitrogens with zero attached hydrogens (tertiary/aromatic N) is 1. The lowest BCUT2D eigenvalue weighted by Crippen LogP contribution is -2.72. The molecular formula is C63H47NSi. The van der Waals surface area contributed by atoms with E-state index in [-0.39, 0.29) is 5.41 Å². The Bertz CT molecular complexity index is 3340. The van der Waals surface area contributed by atoms with Gasteiger partial charge in [0.15, 0.2) is 8.07 Å². The van der Waals surface area contributed by atoms with Crippen LogP contribution in [0.4, 0.5) is 17.1 Å². The van der Waals surface area contributed by atoms with Gasteiger partial charge in [0.25, 0.3) is 0 Å². The molecule has 10 aromatic rings. The van der Waals surface area contributed by atoms with Gasteiger partial charge in [0, 0.05) is 22.4 Å². The average molecular weight is 846 g/mol. The third-order valence-electron chi connectivity index (χ3n) is 14.2. The van der Waals surface area contributed by atoms with Crippen LogP contribution in [0.2, 0.25) is 0 Å². The summed E-state index contributed by atoms with van der Waals surface area (Å²) in [5.74, 6) is 0. The molecule has 1 nitrogen and oxygen atoms in total. The van der Waals surface area contributed by atoms with Crippen molar-refractivity contribution in [1.82, 2.24) is 0 Å². The monoisotopic (exact) mass is 845 g/mol. The van der Waals surface area contributed by atoms with Crippen molar-refractivity contribution >= 4 is 45.9 Å². The first-order chi connectivity index (χ1) is 32.0. The van der Waals surface area contributed by atoms with E-state index in [0.29, 0.717) is 0 Å². The Morgan fingerprint density at radius 2 is 0.831 bits per heavy atom. The Balaban J connectivity index is 1.05. The lowest BCUT2D eigenvalue weighted by atomic mass is 9.82. The summed E-state index contributed by atoms with van der Waals surface area (Å²) >= 11 is 0. The molecule has 0 atom stereocenters. The van der Waals surface area contributed by atoms with Gasteiger partial charge in [-0.3, -0.25) is 0 Å². The first-order valence-electron chi connectivity index (χ1n) is 22.8. The minimum atomic E-state index is -2.63. The fourth-order valence-corrected chi connectivity index (χ4v) is 16.4. The molecule has 1 aliphatic carbocycles. The molecule has 10 aromatic carbocycles. The van der Waals surface area contributed by atoms with Crippen LogP contribution in [0, 0.1) is 0 Å². The van der Waals surface area contributed by atoms with Gasteiger partial charge >= 0.3 is 0 Å². The van der Waals surface area contributed by atoms with Crippen molar-refractivity contribution in [3.63, 3.8) is 0 Å². The smallest absolute Gasteiger partial charge is 0.180 e. The second-order valence-electron chi connectivity index (χ2n) is 18.0. The molecule has 0 saturated heterocycles. The Kier molecular flexibility index (Phi) is 9.26. The topological polar surface area (TPSA) is 3.24 Å². The molecule has 12 rings (SSSR count). The van der Waals surface area contributed by atoms with Gasteiger partial charge in [-0.2, -0.15) is 0 Å². The van der Waals surface area contributed by atoms with E-state index in [1.54, 1.807) is 0 Å². The van der Waals surface area contributed by atoms with Gasteiger partial charge in [-0.05, 0) is 118 Å². The van der Waals surface area contributed by atoms with Gasteiger partial charge < -0.3 is 4.90 Å². The molecule has 0 aromatic heterocycles. The summed E-state index contributed by atoms with van der Waals surface area (Å²) < 4.78 is 0. The van der Waals surface area contributed by atoms with Gasteiger partial charge in [0.2, 0.25) is 0 Å². The van der Waals surface area contributed by atoms with Crippen molar-refractivity contribution in [2.75, 3.05) is 4.90 Å². The minimum Gasteiger partial charge on any atom is -0.310 e. The SMILES string of the molecule is CC1(C)c2ccccc2-c2ccc(N(c3ccc(-c4cccc5c4-c4ccccc4[Si]5(c4ccccc4)c4ccccc4)cc3)c3ccc(-c4ccccc4)cc3-c3ccccc3)cc21. The summed E-state index contributed by atoms with van der Waals surface area (Å²) in [7, 11) is -2.63. The quantitative estimate of drug-likeness (QED) is 0.138. The number of anilines is 3. The zero-order valence-corrected chi connectivity index (χ0v) is 37.6. The number of fused-ring (bicyclic) bond motifs is 6. The van der Waals surface area contributed by atoms with E-state index in [2.05, 4.69) is 267 Å². The Hall–Kier alpha value is -7.78. The predicted molar refractivity (Wildman–Crippen MR) is 278 cm³/mol. The van der Waals surface area contributed by atoms with E-state index in [1.165, 1.54) is 87.5 Å². The zero-order valence-electron chi connectivity index (χ0n) is 36.6. The number of hydrogen-bond donors (Lipinski definition) is 0. The van der Waals surface area contributed by atoms with Crippen molar-refractivity contribution in [2.24, 2.45) is 0 Å². The molecule has 0 N–H and O–H groups in total. The lowest BCUT2D eigenvalue weighted by Gasteiger charge is -2.31. The van der Waals surface area contributed by atoms with E-state index in [4.69, 9.17) is 0 Å². The zero-order chi connectivity index (χ0) is 43.5. The molecule has 0 unspecified atom stereocenters. The summed E-state index contributed by atoms with van der Waals surface area (Å²) in [5.41, 5.74) is 18.5. The number of rotatable bonds is 8. The highest BCUT2D eigenvalue weighted by molar-refractivity contribution is 7.22. The standard InChI is InChI=1S/C63H47NSi/c1-63(2)57-31-17-15-28-53(57)54-40-39-49(43-58(54)63)64(59-41-36-47(44-20-7-3-8-21-44)42-56(59)45-22-9-4-10-23-45)48-37-34-46(35-38-48)52-30-19-33-61-62(52)55-29-16-18-32-60(55)65(61,50-24-11-5-12-25-50)51-26-13-6-14-27-51/h3-43H,1-2H3. The molecule has 65 heavy (non-hydrogen) atoms. The van der Waals surface area contributed by atoms with Crippen LogP contribution < -0.4 is 25.6 Å². The maximum absolute atomic E-state index is 2.63. The molecule has 2 heteroatoms. The summed E-state index contributed by atoms with van der Waals surface area (Å²) in [6, 6.07) is 92.8. The van der Waals surface area contributed by atoms with Gasteiger partial charge in [0.05, 0.1) is 5.69 Å². The molecular weight excluding hydrogens is 799 g/mol. The minimum absolute atomic E-state index is 0.140. The largest absolute Gasteiger partial charge is 0.310 e. The van der Waals surface area contributed by atoms with Crippen molar-refractivity contribution in [3.8, 4) is 55.6 Å². The maximum atomic E-state index is 2.48. The van der Waals surface area contributed by atoms with Crippen LogP contribution in [0.3, 0.4) is 0 Å². The molecule has 1 aliphatic heterocycles. The fourth-order valence-electron chi connectivity index (χ4n) is 11.2. The molecule has 0 radical (unpaired) electrons. The third kappa shape index (κ3) is 6.13. The highest BCUT2D eigenvalue weighted by atomic mass is 28.3. The summed E-state index contributed by atoms with van der Waals surface area (Å²) in [5, 5.41) is 5.73. The van der Waals surface area contributed by atoms with Gasteiger partial charge in [-0.1, -0.05) is 226 Å². The highest BCUT2D eigenvalue weighted by Crippen LogP contribution is 2.51. The summed E-state index contributed by atoms with van der Waals surface area (Å²) in [4.78, 5) is 2.48. The van der Waals surface area contributed by atoms with Crippen LogP contribution in [-0.4, -0.2) is 8.07 Å². The van der Waals surface area contributed by atoms with E-state index < -0.39 is 8.07 Å². The molecule has 0 fully saturated rings. The third-order valence-corrected chi connectivity index (χ3v) is 19.0. The molecule has 0 bridgehead atoms. The van der Waals surface area contributed by atoms with E-state index in [1.807, 2.05) is 0 Å². The summed E-state index contributed by atoms with van der Waals surface area (Å²) in [6.45, 7) is 4.74. The van der Waals surface area contributed by atoms with Gasteiger partial charge in [0.1, 0.15) is 0 Å². The molecule has 0 spiro atoms. The first kappa shape index (κ1) is 38.9. The molecule has 1 heterocycles. The number of hydrogen-bond acceptors (Lipinski definition) is 1. The van der Waals surface area contributed by atoms with Crippen molar-refractivity contribution in [3.05, 3.63) is 260 Å².